The van der Waals surface area contributed by atoms with E-state index in [-0.39, 0.29) is 35.2 Å². The number of carbonyl (C=O) groups is 1. The standard InChI is InChI=1S/C10H9BrF3N3O/c11-7-3-16-8(2-6(7)10(12,13)14)17-4-5(15)1-9(17)18/h2-3,5H,1,4,15H2. The van der Waals surface area contributed by atoms with Crippen molar-refractivity contribution < 1.29 is 18.0 Å². The summed E-state index contributed by atoms with van der Waals surface area (Å²) >= 11 is 2.79. The molecule has 0 radical (unpaired) electrons. The van der Waals surface area contributed by atoms with Crippen LogP contribution in [0.25, 0.3) is 0 Å². The van der Waals surface area contributed by atoms with Gasteiger partial charge in [0, 0.05) is 29.7 Å². The lowest BCUT2D eigenvalue weighted by Gasteiger charge is -2.17. The maximum atomic E-state index is 12.7. The number of nitrogens with zero attached hydrogens (tertiary/aromatic N) is 2. The number of alkyl halides is 3. The summed E-state index contributed by atoms with van der Waals surface area (Å²) in [4.78, 5) is 16.5. The monoisotopic (exact) mass is 323 g/mol. The summed E-state index contributed by atoms with van der Waals surface area (Å²) in [7, 11) is 0. The van der Waals surface area contributed by atoms with Crippen LogP contribution < -0.4 is 10.6 Å². The van der Waals surface area contributed by atoms with Crippen molar-refractivity contribution in [2.24, 2.45) is 5.73 Å². The molecule has 1 saturated heterocycles. The van der Waals surface area contributed by atoms with Gasteiger partial charge in [0.1, 0.15) is 5.82 Å². The normalized spacial score (nSPS) is 20.6. The predicted molar refractivity (Wildman–Crippen MR) is 61.9 cm³/mol. The third kappa shape index (κ3) is 2.49. The smallest absolute Gasteiger partial charge is 0.326 e. The third-order valence-corrected chi connectivity index (χ3v) is 3.21. The van der Waals surface area contributed by atoms with E-state index in [2.05, 4.69) is 20.9 Å². The molecule has 1 aromatic rings. The summed E-state index contributed by atoms with van der Waals surface area (Å²) in [6, 6.07) is 0.484. The van der Waals surface area contributed by atoms with Gasteiger partial charge < -0.3 is 5.73 Å². The number of anilines is 1. The highest BCUT2D eigenvalue weighted by Gasteiger charge is 2.35. The van der Waals surface area contributed by atoms with Crippen LogP contribution in [0.2, 0.25) is 0 Å². The quantitative estimate of drug-likeness (QED) is 0.859. The minimum Gasteiger partial charge on any atom is -0.326 e. The van der Waals surface area contributed by atoms with Crippen LogP contribution in [0.4, 0.5) is 19.0 Å². The maximum absolute atomic E-state index is 12.7. The first-order valence-corrected chi connectivity index (χ1v) is 5.87. The summed E-state index contributed by atoms with van der Waals surface area (Å²) in [6.45, 7) is 0.185. The van der Waals surface area contributed by atoms with Gasteiger partial charge in [-0.3, -0.25) is 9.69 Å². The fraction of sp³-hybridized carbons (Fsp3) is 0.400. The number of amides is 1. The van der Waals surface area contributed by atoms with Crippen LogP contribution in [-0.4, -0.2) is 23.5 Å². The van der Waals surface area contributed by atoms with Gasteiger partial charge in [0.15, 0.2) is 0 Å². The molecule has 2 heterocycles. The Morgan fingerprint density at radius 1 is 1.50 bits per heavy atom. The van der Waals surface area contributed by atoms with E-state index in [0.717, 1.165) is 12.3 Å². The molecule has 1 atom stereocenters. The second-order valence-electron chi connectivity index (χ2n) is 3.99. The molecule has 0 spiro atoms. The number of carbonyl (C=O) groups excluding carboxylic acids is 1. The molecule has 4 nitrogen and oxygen atoms in total. The molecular formula is C10H9BrF3N3O. The molecule has 1 aliphatic heterocycles. The zero-order chi connectivity index (χ0) is 13.5. The Labute approximate surface area is 109 Å². The van der Waals surface area contributed by atoms with Gasteiger partial charge in [-0.25, -0.2) is 4.98 Å². The van der Waals surface area contributed by atoms with Gasteiger partial charge in [-0.2, -0.15) is 13.2 Å². The van der Waals surface area contributed by atoms with Gasteiger partial charge in [-0.05, 0) is 22.0 Å². The van der Waals surface area contributed by atoms with Crippen molar-refractivity contribution in [2.45, 2.75) is 18.6 Å². The molecule has 2 N–H and O–H groups in total. The van der Waals surface area contributed by atoms with Gasteiger partial charge in [0.05, 0.1) is 5.56 Å². The van der Waals surface area contributed by atoms with Gasteiger partial charge in [-0.15, -0.1) is 0 Å². The number of nitrogens with two attached hydrogens (primary N) is 1. The van der Waals surface area contributed by atoms with E-state index < -0.39 is 11.7 Å². The topological polar surface area (TPSA) is 59.2 Å². The largest absolute Gasteiger partial charge is 0.417 e. The van der Waals surface area contributed by atoms with Crippen LogP contribution in [0, 0.1) is 0 Å². The van der Waals surface area contributed by atoms with E-state index in [1.807, 2.05) is 0 Å². The van der Waals surface area contributed by atoms with E-state index in [0.29, 0.717) is 0 Å². The average Bonchev–Trinajstić information content (AvgIpc) is 2.57. The zero-order valence-electron chi connectivity index (χ0n) is 9.04. The molecule has 2 rings (SSSR count). The van der Waals surface area contributed by atoms with Crippen LogP contribution in [0.3, 0.4) is 0 Å². The van der Waals surface area contributed by atoms with Crippen LogP contribution >= 0.6 is 15.9 Å². The van der Waals surface area contributed by atoms with Gasteiger partial charge in [-0.1, -0.05) is 0 Å². The molecule has 0 saturated carbocycles. The van der Waals surface area contributed by atoms with Crippen molar-refractivity contribution >= 4 is 27.7 Å². The molecule has 8 heteroatoms. The lowest BCUT2D eigenvalue weighted by molar-refractivity contribution is -0.138. The van der Waals surface area contributed by atoms with E-state index >= 15 is 0 Å². The summed E-state index contributed by atoms with van der Waals surface area (Å²) in [5.74, 6) is -0.339. The molecule has 98 valence electrons. The average molecular weight is 324 g/mol. The minimum absolute atomic E-state index is 0.0246. The minimum atomic E-state index is -4.50. The highest BCUT2D eigenvalue weighted by Crippen LogP contribution is 2.36. The number of hydrogen-bond donors (Lipinski definition) is 1. The Kier molecular flexibility index (Phi) is 3.33. The lowest BCUT2D eigenvalue weighted by atomic mass is 10.2. The molecule has 1 aliphatic rings. The first kappa shape index (κ1) is 13.3. The summed E-state index contributed by atoms with van der Waals surface area (Å²) < 4.78 is 38.0. The maximum Gasteiger partial charge on any atom is 0.417 e. The highest BCUT2D eigenvalue weighted by atomic mass is 79.9. The van der Waals surface area contributed by atoms with E-state index in [1.54, 1.807) is 0 Å². The van der Waals surface area contributed by atoms with Gasteiger partial charge in [0.25, 0.3) is 0 Å². The molecule has 0 aromatic carbocycles. The number of hydrogen-bond acceptors (Lipinski definition) is 3. The third-order valence-electron chi connectivity index (χ3n) is 2.58. The lowest BCUT2D eigenvalue weighted by Crippen LogP contribution is -2.29. The van der Waals surface area contributed by atoms with Gasteiger partial charge >= 0.3 is 6.18 Å². The van der Waals surface area contributed by atoms with Gasteiger partial charge in [0.2, 0.25) is 5.91 Å². The molecule has 1 unspecified atom stereocenters. The van der Waals surface area contributed by atoms with Crippen molar-refractivity contribution in [2.75, 3.05) is 11.4 Å². The molecule has 0 bridgehead atoms. The molecule has 1 amide bonds. The SMILES string of the molecule is NC1CC(=O)N(c2cc(C(F)(F)F)c(Br)cn2)C1. The number of halogens is 4. The summed E-state index contributed by atoms with van der Waals surface area (Å²) in [5.41, 5.74) is 4.72. The van der Waals surface area contributed by atoms with Crippen molar-refractivity contribution in [1.29, 1.82) is 0 Å². The number of pyridine rings is 1. The van der Waals surface area contributed by atoms with Crippen LogP contribution in [0.5, 0.6) is 0 Å². The van der Waals surface area contributed by atoms with Crippen molar-refractivity contribution in [1.82, 2.24) is 4.98 Å². The Hall–Kier alpha value is -1.15. The van der Waals surface area contributed by atoms with Crippen molar-refractivity contribution in [3.63, 3.8) is 0 Å². The Balaban J connectivity index is 2.39. The van der Waals surface area contributed by atoms with Crippen LogP contribution in [0.1, 0.15) is 12.0 Å². The molecule has 1 fully saturated rings. The molecule has 0 aliphatic carbocycles. The fourth-order valence-corrected chi connectivity index (χ4v) is 2.19. The molecule has 1 aromatic heterocycles. The second-order valence-corrected chi connectivity index (χ2v) is 4.84. The first-order valence-electron chi connectivity index (χ1n) is 5.07. The van der Waals surface area contributed by atoms with Crippen molar-refractivity contribution in [3.8, 4) is 0 Å². The van der Waals surface area contributed by atoms with E-state index in [9.17, 15) is 18.0 Å². The Morgan fingerprint density at radius 2 is 2.17 bits per heavy atom. The number of rotatable bonds is 1. The Morgan fingerprint density at radius 3 is 2.67 bits per heavy atom. The zero-order valence-corrected chi connectivity index (χ0v) is 10.6. The van der Waals surface area contributed by atoms with Crippen molar-refractivity contribution in [3.05, 3.63) is 22.3 Å². The van der Waals surface area contributed by atoms with E-state index in [4.69, 9.17) is 5.73 Å². The molecule has 18 heavy (non-hydrogen) atoms. The molecular weight excluding hydrogens is 315 g/mol. The fourth-order valence-electron chi connectivity index (χ4n) is 1.75. The second kappa shape index (κ2) is 4.51. The first-order chi connectivity index (χ1) is 8.29. The van der Waals surface area contributed by atoms with Crippen LogP contribution in [0.15, 0.2) is 16.7 Å². The van der Waals surface area contributed by atoms with E-state index in [1.165, 1.54) is 4.90 Å². The number of aromatic nitrogens is 1. The summed E-state index contributed by atoms with van der Waals surface area (Å²) in [6.07, 6.45) is -3.34. The summed E-state index contributed by atoms with van der Waals surface area (Å²) in [5, 5.41) is 0. The highest BCUT2D eigenvalue weighted by molar-refractivity contribution is 9.10. The van der Waals surface area contributed by atoms with Crippen LogP contribution in [-0.2, 0) is 11.0 Å². The Bertz CT molecular complexity index is 492. The predicted octanol–water partition coefficient (Wildman–Crippen LogP) is 1.93.